The molecule has 0 bridgehead atoms. The molecule has 3 rings (SSSR count). The first-order valence-corrected chi connectivity index (χ1v) is 8.31. The fourth-order valence-corrected chi connectivity index (χ4v) is 4.19. The van der Waals surface area contributed by atoms with Crippen LogP contribution in [-0.4, -0.2) is 27.7 Å². The second-order valence-corrected chi connectivity index (χ2v) is 6.46. The average molecular weight is 309 g/mol. The number of carbonyl (C=O) groups excluding carboxylic acids is 1. The SMILES string of the molecule is COC(=O)c1csc(-c2snnc2C2CCCCC2)n1. The van der Waals surface area contributed by atoms with Gasteiger partial charge in [0.05, 0.1) is 12.8 Å². The Bertz CT molecular complexity index is 602. The van der Waals surface area contributed by atoms with Crippen LogP contribution >= 0.6 is 22.9 Å². The van der Waals surface area contributed by atoms with E-state index in [2.05, 4.69) is 14.6 Å². The van der Waals surface area contributed by atoms with Crippen LogP contribution in [0.2, 0.25) is 0 Å². The third-order valence-electron chi connectivity index (χ3n) is 3.60. The van der Waals surface area contributed by atoms with Gasteiger partial charge >= 0.3 is 5.97 Å². The normalized spacial score (nSPS) is 16.2. The molecule has 1 fully saturated rings. The van der Waals surface area contributed by atoms with Gasteiger partial charge in [0.15, 0.2) is 5.69 Å². The summed E-state index contributed by atoms with van der Waals surface area (Å²) in [4.78, 5) is 16.8. The van der Waals surface area contributed by atoms with E-state index in [-0.39, 0.29) is 0 Å². The molecule has 0 aromatic carbocycles. The van der Waals surface area contributed by atoms with E-state index in [0.29, 0.717) is 11.6 Å². The molecular formula is C13H15N3O2S2. The Labute approximate surface area is 125 Å². The van der Waals surface area contributed by atoms with Gasteiger partial charge in [-0.05, 0) is 24.4 Å². The second-order valence-electron chi connectivity index (χ2n) is 4.85. The zero-order chi connectivity index (χ0) is 13.9. The van der Waals surface area contributed by atoms with E-state index >= 15 is 0 Å². The van der Waals surface area contributed by atoms with Crippen molar-refractivity contribution in [2.75, 3.05) is 7.11 Å². The fraction of sp³-hybridized carbons (Fsp3) is 0.538. The van der Waals surface area contributed by atoms with Crippen LogP contribution in [0, 0.1) is 0 Å². The summed E-state index contributed by atoms with van der Waals surface area (Å²) in [5.74, 6) is 0.0900. The number of hydrogen-bond donors (Lipinski definition) is 0. The molecule has 0 radical (unpaired) electrons. The molecule has 1 aliphatic carbocycles. The van der Waals surface area contributed by atoms with Crippen molar-refractivity contribution < 1.29 is 9.53 Å². The highest BCUT2D eigenvalue weighted by atomic mass is 32.1. The van der Waals surface area contributed by atoms with E-state index in [1.165, 1.54) is 62.1 Å². The smallest absolute Gasteiger partial charge is 0.357 e. The number of nitrogens with zero attached hydrogens (tertiary/aromatic N) is 3. The van der Waals surface area contributed by atoms with E-state index < -0.39 is 5.97 Å². The van der Waals surface area contributed by atoms with Gasteiger partial charge in [0.2, 0.25) is 0 Å². The molecule has 0 N–H and O–H groups in total. The van der Waals surface area contributed by atoms with Gasteiger partial charge in [-0.25, -0.2) is 9.78 Å². The number of carbonyl (C=O) groups is 1. The van der Waals surface area contributed by atoms with Crippen molar-refractivity contribution in [2.24, 2.45) is 0 Å². The number of thiazole rings is 1. The van der Waals surface area contributed by atoms with Gasteiger partial charge in [0, 0.05) is 11.3 Å². The minimum atomic E-state index is -0.399. The van der Waals surface area contributed by atoms with E-state index in [4.69, 9.17) is 4.74 Å². The highest BCUT2D eigenvalue weighted by Gasteiger charge is 2.24. The van der Waals surface area contributed by atoms with Crippen molar-refractivity contribution in [1.82, 2.24) is 14.6 Å². The molecule has 1 aliphatic rings. The maximum Gasteiger partial charge on any atom is 0.357 e. The third kappa shape index (κ3) is 2.60. The number of methoxy groups -OCH3 is 1. The Balaban J connectivity index is 1.88. The van der Waals surface area contributed by atoms with Gasteiger partial charge in [0.25, 0.3) is 0 Å². The Morgan fingerprint density at radius 1 is 1.35 bits per heavy atom. The lowest BCUT2D eigenvalue weighted by molar-refractivity contribution is 0.0595. The minimum absolute atomic E-state index is 0.357. The summed E-state index contributed by atoms with van der Waals surface area (Å²) in [6.07, 6.45) is 6.17. The number of hydrogen-bond acceptors (Lipinski definition) is 7. The lowest BCUT2D eigenvalue weighted by atomic mass is 9.86. The van der Waals surface area contributed by atoms with Crippen LogP contribution in [0.15, 0.2) is 5.38 Å². The predicted molar refractivity (Wildman–Crippen MR) is 78.2 cm³/mol. The molecule has 2 heterocycles. The van der Waals surface area contributed by atoms with Crippen LogP contribution in [0.4, 0.5) is 0 Å². The first-order valence-electron chi connectivity index (χ1n) is 6.66. The lowest BCUT2D eigenvalue weighted by Crippen LogP contribution is -2.06. The van der Waals surface area contributed by atoms with Gasteiger partial charge in [-0.3, -0.25) is 0 Å². The van der Waals surface area contributed by atoms with Crippen molar-refractivity contribution in [3.05, 3.63) is 16.8 Å². The van der Waals surface area contributed by atoms with Gasteiger partial charge in [-0.1, -0.05) is 23.8 Å². The van der Waals surface area contributed by atoms with E-state index in [1.807, 2.05) is 0 Å². The standard InChI is InChI=1S/C13H15N3O2S2/c1-18-13(17)9-7-19-12(14-9)11-10(15-16-20-11)8-5-3-2-4-6-8/h7-8H,2-6H2,1H3. The van der Waals surface area contributed by atoms with Gasteiger partial charge in [0.1, 0.15) is 9.88 Å². The number of ether oxygens (including phenoxy) is 1. The molecule has 0 unspecified atom stereocenters. The van der Waals surface area contributed by atoms with Crippen LogP contribution in [0.25, 0.3) is 9.88 Å². The highest BCUT2D eigenvalue weighted by Crippen LogP contribution is 2.39. The molecule has 5 nitrogen and oxygen atoms in total. The largest absolute Gasteiger partial charge is 0.464 e. The monoisotopic (exact) mass is 309 g/mol. The number of esters is 1. The maximum atomic E-state index is 11.5. The number of rotatable bonds is 3. The number of aromatic nitrogens is 3. The summed E-state index contributed by atoms with van der Waals surface area (Å²) < 4.78 is 8.78. The molecule has 0 saturated heterocycles. The first kappa shape index (κ1) is 13.6. The Morgan fingerprint density at radius 2 is 2.15 bits per heavy atom. The Hall–Kier alpha value is -1.34. The van der Waals surface area contributed by atoms with Gasteiger partial charge < -0.3 is 4.74 Å². The molecule has 7 heteroatoms. The first-order chi connectivity index (χ1) is 9.79. The quantitative estimate of drug-likeness (QED) is 0.812. The van der Waals surface area contributed by atoms with Gasteiger partial charge in [-0.2, -0.15) is 0 Å². The topological polar surface area (TPSA) is 65.0 Å². The van der Waals surface area contributed by atoms with E-state index in [1.54, 1.807) is 5.38 Å². The molecule has 1 saturated carbocycles. The summed E-state index contributed by atoms with van der Waals surface area (Å²) in [6, 6.07) is 0. The molecule has 2 aromatic rings. The van der Waals surface area contributed by atoms with Crippen LogP contribution in [0.1, 0.15) is 54.2 Å². The third-order valence-corrected chi connectivity index (χ3v) is 5.34. The molecule has 20 heavy (non-hydrogen) atoms. The van der Waals surface area contributed by atoms with E-state index in [9.17, 15) is 4.79 Å². The highest BCUT2D eigenvalue weighted by molar-refractivity contribution is 7.18. The van der Waals surface area contributed by atoms with E-state index in [0.717, 1.165) is 15.6 Å². The summed E-state index contributed by atoms with van der Waals surface area (Å²) in [6.45, 7) is 0. The summed E-state index contributed by atoms with van der Waals surface area (Å²) in [7, 11) is 1.36. The zero-order valence-electron chi connectivity index (χ0n) is 11.2. The summed E-state index contributed by atoms with van der Waals surface area (Å²) in [5.41, 5.74) is 1.41. The van der Waals surface area contributed by atoms with Crippen LogP contribution < -0.4 is 0 Å². The van der Waals surface area contributed by atoms with Crippen molar-refractivity contribution in [3.8, 4) is 9.88 Å². The molecule has 0 amide bonds. The maximum absolute atomic E-state index is 11.5. The minimum Gasteiger partial charge on any atom is -0.464 e. The fourth-order valence-electron chi connectivity index (χ4n) is 2.57. The summed E-state index contributed by atoms with van der Waals surface area (Å²) >= 11 is 2.81. The van der Waals surface area contributed by atoms with Crippen LogP contribution in [0.5, 0.6) is 0 Å². The Morgan fingerprint density at radius 3 is 2.90 bits per heavy atom. The van der Waals surface area contributed by atoms with Crippen LogP contribution in [-0.2, 0) is 4.74 Å². The molecule has 0 atom stereocenters. The second kappa shape index (κ2) is 5.97. The molecule has 0 aliphatic heterocycles. The zero-order valence-corrected chi connectivity index (χ0v) is 12.8. The van der Waals surface area contributed by atoms with Crippen molar-refractivity contribution >= 4 is 28.8 Å². The Kier molecular flexibility index (Phi) is 4.07. The average Bonchev–Trinajstić information content (AvgIpc) is 3.15. The van der Waals surface area contributed by atoms with Gasteiger partial charge in [-0.15, -0.1) is 16.4 Å². The van der Waals surface area contributed by atoms with Crippen molar-refractivity contribution in [2.45, 2.75) is 38.0 Å². The van der Waals surface area contributed by atoms with Crippen LogP contribution in [0.3, 0.4) is 0 Å². The van der Waals surface area contributed by atoms with Crippen molar-refractivity contribution in [1.29, 1.82) is 0 Å². The predicted octanol–water partition coefficient (Wildman–Crippen LogP) is 3.50. The lowest BCUT2D eigenvalue weighted by Gasteiger charge is -2.19. The molecule has 106 valence electrons. The summed E-state index contributed by atoms with van der Waals surface area (Å²) in [5, 5.41) is 6.86. The molecule has 2 aromatic heterocycles. The van der Waals surface area contributed by atoms with Crippen molar-refractivity contribution in [3.63, 3.8) is 0 Å². The molecular weight excluding hydrogens is 294 g/mol. The molecule has 0 spiro atoms.